The summed E-state index contributed by atoms with van der Waals surface area (Å²) in [5.74, 6) is 1.69. The van der Waals surface area contributed by atoms with Crippen molar-refractivity contribution in [2.24, 2.45) is 0 Å². The number of rotatable bonds is 15. The molecule has 6 atom stereocenters. The van der Waals surface area contributed by atoms with E-state index in [0.29, 0.717) is 102 Å². The lowest BCUT2D eigenvalue weighted by Gasteiger charge is -2.37. The molecule has 0 bridgehead atoms. The Hall–Kier alpha value is -4.89. The van der Waals surface area contributed by atoms with E-state index < -0.39 is 11.9 Å². The van der Waals surface area contributed by atoms with E-state index in [1.54, 1.807) is 20.8 Å². The van der Waals surface area contributed by atoms with Crippen LogP contribution < -0.4 is 10.6 Å². The molecular formula is C44H64F2N12O9S2. The van der Waals surface area contributed by atoms with Crippen LogP contribution in [0, 0.1) is 32.7 Å². The Kier molecular flexibility index (Phi) is 21.9. The number of thiazole rings is 2. The number of Topliss-reactive ketones (excluding diaryl/α,β-unsaturated/α-hetero) is 1. The minimum absolute atomic E-state index is 0.00642. The van der Waals surface area contributed by atoms with Gasteiger partial charge in [-0.15, -0.1) is 41.9 Å². The lowest BCUT2D eigenvalue weighted by Crippen LogP contribution is -2.42. The number of hydrogen-bond acceptors (Lipinski definition) is 22. The van der Waals surface area contributed by atoms with E-state index in [1.165, 1.54) is 25.2 Å². The first kappa shape index (κ1) is 55.0. The Bertz CT molecular complexity index is 2360. The number of piperidine rings is 3. The molecule has 21 nitrogen and oxygen atoms in total. The number of halogens is 2. The molecule has 0 saturated carbocycles. The molecule has 25 heteroatoms. The standard InChI is InChI=1S/C17H23FN4O3S.C11H19N3O2.C10H17N3O2.C6H5FN2O2S/c1-10-6-13(24-9-15-21-20-12(3)25-15)4-5-22(10)8-14-17(18)19-16(26-14)7-11(2)23;1-8-6-10(4-5-14(8)3)15-7-11-13-12-9(2)16-11;1-7-5-9(3-4-11-7)14-6-10-13-12-8(2)15-10;1-3(11)8-6-9-5(7)4(2-10)12-6/h10,13H,4-9H2,1-3H3;8,10H,4-7H2,1-3H3;7,9,11H,3-6H2,1-2H3;2H,1H3,(H,8,9,11)/t10-,13-;8-,10-;7-,9-;/m000./s1. The average molecular weight is 1010 g/mol. The number of ketones is 1. The maximum atomic E-state index is 14.0. The van der Waals surface area contributed by atoms with Crippen LogP contribution in [0.5, 0.6) is 0 Å². The second-order valence-corrected chi connectivity index (χ2v) is 19.4. The fourth-order valence-electron chi connectivity index (χ4n) is 7.49. The van der Waals surface area contributed by atoms with E-state index in [4.69, 9.17) is 27.5 Å². The monoisotopic (exact) mass is 1010 g/mol. The predicted molar refractivity (Wildman–Crippen MR) is 248 cm³/mol. The van der Waals surface area contributed by atoms with Crippen molar-refractivity contribution in [2.45, 2.75) is 163 Å². The van der Waals surface area contributed by atoms with Gasteiger partial charge in [0, 0.05) is 65.5 Å². The number of carbonyl (C=O) groups is 3. The van der Waals surface area contributed by atoms with E-state index in [1.807, 2.05) is 0 Å². The van der Waals surface area contributed by atoms with Crippen molar-refractivity contribution in [2.75, 3.05) is 32.0 Å². The van der Waals surface area contributed by atoms with E-state index in [-0.39, 0.29) is 40.3 Å². The van der Waals surface area contributed by atoms with Crippen molar-refractivity contribution in [3.05, 3.63) is 62.0 Å². The molecule has 8 heterocycles. The molecule has 2 N–H and O–H groups in total. The highest BCUT2D eigenvalue weighted by atomic mass is 32.1. The van der Waals surface area contributed by atoms with Crippen molar-refractivity contribution in [1.82, 2.24) is 55.7 Å². The largest absolute Gasteiger partial charge is 0.423 e. The first-order valence-corrected chi connectivity index (χ1v) is 24.5. The Balaban J connectivity index is 0.000000180. The Morgan fingerprint density at radius 3 is 1.74 bits per heavy atom. The van der Waals surface area contributed by atoms with Crippen molar-refractivity contribution < 1.29 is 50.6 Å². The summed E-state index contributed by atoms with van der Waals surface area (Å²) < 4.78 is 59.8. The van der Waals surface area contributed by atoms with Crippen LogP contribution in [0.2, 0.25) is 0 Å². The number of likely N-dealkylation sites (tertiary alicyclic amines) is 2. The minimum Gasteiger partial charge on any atom is -0.423 e. The molecule has 0 aromatic carbocycles. The van der Waals surface area contributed by atoms with Crippen LogP contribution in [-0.2, 0) is 56.6 Å². The number of aldehydes is 1. The van der Waals surface area contributed by atoms with Crippen LogP contribution in [0.15, 0.2) is 13.3 Å². The Morgan fingerprint density at radius 2 is 1.29 bits per heavy atom. The van der Waals surface area contributed by atoms with Crippen LogP contribution in [0.25, 0.3) is 0 Å². The van der Waals surface area contributed by atoms with Gasteiger partial charge in [-0.25, -0.2) is 4.98 Å². The number of anilines is 1. The molecule has 3 aliphatic heterocycles. The molecule has 5 aromatic heterocycles. The molecule has 5 aromatic rings. The zero-order valence-electron chi connectivity index (χ0n) is 40.7. The minimum atomic E-state index is -0.848. The number of ether oxygens (including phenoxy) is 3. The average Bonchev–Trinajstić information content (AvgIpc) is 4.15. The SMILES string of the molecule is CC(=O)Cc1nc(F)c(CN2CC[C@H](OCc3nnc(C)o3)C[C@@H]2C)s1.CC(=O)Nc1nc(F)c(C=O)s1.Cc1nnc(CO[C@H]2CCN(C)[C@@H](C)C2)o1.Cc1nnc(CO[C@H]2CCN[C@@H](C)C2)o1. The van der Waals surface area contributed by atoms with E-state index >= 15 is 0 Å². The van der Waals surface area contributed by atoms with Crippen molar-refractivity contribution in [1.29, 1.82) is 0 Å². The molecule has 0 radical (unpaired) electrons. The summed E-state index contributed by atoms with van der Waals surface area (Å²) in [5.41, 5.74) is 0. The number of aromatic nitrogens is 8. The van der Waals surface area contributed by atoms with Gasteiger partial charge in [0.15, 0.2) is 11.4 Å². The zero-order chi connectivity index (χ0) is 50.0. The van der Waals surface area contributed by atoms with E-state index in [0.717, 1.165) is 69.5 Å². The second kappa shape index (κ2) is 27.5. The molecule has 1 amide bonds. The van der Waals surface area contributed by atoms with Gasteiger partial charge in [-0.05, 0) is 79.8 Å². The first-order chi connectivity index (χ1) is 32.9. The molecule has 8 rings (SSSR count). The number of nitrogens with zero attached hydrogens (tertiary/aromatic N) is 10. The summed E-state index contributed by atoms with van der Waals surface area (Å²) >= 11 is 2.09. The smallest absolute Gasteiger partial charge is 0.242 e. The molecule has 0 aliphatic carbocycles. The van der Waals surface area contributed by atoms with Gasteiger partial charge in [0.1, 0.15) is 35.5 Å². The maximum Gasteiger partial charge on any atom is 0.242 e. The van der Waals surface area contributed by atoms with Gasteiger partial charge < -0.3 is 43.0 Å². The predicted octanol–water partition coefficient (Wildman–Crippen LogP) is 6.14. The number of nitrogens with one attached hydrogen (secondary N) is 2. The Morgan fingerprint density at radius 1 is 0.754 bits per heavy atom. The molecule has 3 aliphatic rings. The summed E-state index contributed by atoms with van der Waals surface area (Å²) in [7, 11) is 2.16. The Labute approximate surface area is 407 Å². The van der Waals surface area contributed by atoms with Crippen LogP contribution in [0.1, 0.15) is 128 Å². The molecule has 0 spiro atoms. The molecule has 69 heavy (non-hydrogen) atoms. The quantitative estimate of drug-likeness (QED) is 0.112. The highest BCUT2D eigenvalue weighted by Crippen LogP contribution is 2.27. The first-order valence-electron chi connectivity index (χ1n) is 22.8. The lowest BCUT2D eigenvalue weighted by atomic mass is 10.0. The topological polar surface area (TPSA) is 252 Å². The normalized spacial score (nSPS) is 21.8. The zero-order valence-corrected chi connectivity index (χ0v) is 42.3. The fraction of sp³-hybridized carbons (Fsp3) is 0.659. The number of amides is 1. The van der Waals surface area contributed by atoms with Crippen molar-refractivity contribution in [3.63, 3.8) is 0 Å². The summed E-state index contributed by atoms with van der Waals surface area (Å²) in [6.07, 6.45) is 7.27. The third-order valence-electron chi connectivity index (χ3n) is 11.2. The summed E-state index contributed by atoms with van der Waals surface area (Å²) in [6.45, 7) is 19.2. The number of hydrogen-bond donors (Lipinski definition) is 2. The maximum absolute atomic E-state index is 14.0. The van der Waals surface area contributed by atoms with Crippen LogP contribution in [0.3, 0.4) is 0 Å². The highest BCUT2D eigenvalue weighted by molar-refractivity contribution is 7.17. The number of aryl methyl sites for hydroxylation is 3. The van der Waals surface area contributed by atoms with Gasteiger partial charge in [-0.1, -0.05) is 11.3 Å². The van der Waals surface area contributed by atoms with Crippen LogP contribution >= 0.6 is 22.7 Å². The van der Waals surface area contributed by atoms with Gasteiger partial charge in [0.2, 0.25) is 53.1 Å². The van der Waals surface area contributed by atoms with Crippen molar-refractivity contribution >= 4 is 45.8 Å². The number of carbonyl (C=O) groups excluding carboxylic acids is 3. The molecule has 0 unspecified atom stereocenters. The van der Waals surface area contributed by atoms with Gasteiger partial charge in [0.25, 0.3) is 0 Å². The van der Waals surface area contributed by atoms with Gasteiger partial charge in [-0.3, -0.25) is 19.3 Å². The van der Waals surface area contributed by atoms with Gasteiger partial charge in [0.05, 0.1) is 29.6 Å². The molecule has 380 valence electrons. The highest BCUT2D eigenvalue weighted by Gasteiger charge is 2.28. The lowest BCUT2D eigenvalue weighted by molar-refractivity contribution is -0.116. The third kappa shape index (κ3) is 19.1. The van der Waals surface area contributed by atoms with Crippen LogP contribution in [-0.4, -0.2) is 131 Å². The molecule has 3 fully saturated rings. The molecular weight excluding hydrogens is 943 g/mol. The summed E-state index contributed by atoms with van der Waals surface area (Å²) in [5, 5.41) is 29.3. The summed E-state index contributed by atoms with van der Waals surface area (Å²) in [4.78, 5) is 44.0. The second-order valence-electron chi connectivity index (χ2n) is 17.2. The van der Waals surface area contributed by atoms with E-state index in [9.17, 15) is 23.2 Å². The van der Waals surface area contributed by atoms with E-state index in [2.05, 4.69) is 88.8 Å². The van der Waals surface area contributed by atoms with Crippen LogP contribution in [0.4, 0.5) is 13.9 Å². The molecule has 3 saturated heterocycles. The van der Waals surface area contributed by atoms with Gasteiger partial charge in [-0.2, -0.15) is 13.8 Å². The van der Waals surface area contributed by atoms with Crippen molar-refractivity contribution in [3.8, 4) is 0 Å². The third-order valence-corrected chi connectivity index (χ3v) is 13.1. The summed E-state index contributed by atoms with van der Waals surface area (Å²) in [6, 6.07) is 1.38. The fourth-order valence-corrected chi connectivity index (χ4v) is 9.25. The van der Waals surface area contributed by atoms with Gasteiger partial charge >= 0.3 is 0 Å².